The zero-order valence-corrected chi connectivity index (χ0v) is 13.0. The van der Waals surface area contributed by atoms with Crippen molar-refractivity contribution in [2.45, 2.75) is 43.8 Å². The Morgan fingerprint density at radius 2 is 1.73 bits per heavy atom. The van der Waals surface area contributed by atoms with E-state index >= 15 is 0 Å². The first-order valence-corrected chi connectivity index (χ1v) is 8.23. The van der Waals surface area contributed by atoms with Crippen LogP contribution in [0.2, 0.25) is 0 Å². The molecular weight excluding hydrogens is 272 g/mol. The van der Waals surface area contributed by atoms with E-state index in [1.54, 1.807) is 0 Å². The maximum atomic E-state index is 12.8. The number of amides is 1. The molecule has 0 spiro atoms. The molecule has 2 bridgehead atoms. The maximum absolute atomic E-state index is 12.8. The number of benzene rings is 2. The number of rotatable bonds is 2. The Bertz CT molecular complexity index is 699. The summed E-state index contributed by atoms with van der Waals surface area (Å²) in [5.41, 5.74) is 0.798. The minimum Gasteiger partial charge on any atom is -0.339 e. The Labute approximate surface area is 131 Å². The van der Waals surface area contributed by atoms with Crippen molar-refractivity contribution < 1.29 is 4.79 Å². The van der Waals surface area contributed by atoms with Gasteiger partial charge in [0.2, 0.25) is 0 Å². The molecule has 4 rings (SSSR count). The predicted octanol–water partition coefficient (Wildman–Crippen LogP) is 3.19. The van der Waals surface area contributed by atoms with Crippen LogP contribution in [0, 0.1) is 0 Å². The zero-order valence-electron chi connectivity index (χ0n) is 13.0. The van der Waals surface area contributed by atoms with E-state index in [9.17, 15) is 4.79 Å². The smallest absolute Gasteiger partial charge is 0.253 e. The lowest BCUT2D eigenvalue weighted by molar-refractivity contribution is 0.0682. The van der Waals surface area contributed by atoms with Gasteiger partial charge in [0.1, 0.15) is 0 Å². The van der Waals surface area contributed by atoms with Gasteiger partial charge in [-0.15, -0.1) is 0 Å². The quantitative estimate of drug-likeness (QED) is 0.922. The third kappa shape index (κ3) is 2.40. The number of carbonyl (C=O) groups excluding carboxylic acids is 1. The second-order valence-corrected chi connectivity index (χ2v) is 6.74. The normalized spacial score (nSPS) is 27.0. The van der Waals surface area contributed by atoms with Crippen LogP contribution in [0.1, 0.15) is 36.0 Å². The Balaban J connectivity index is 1.56. The largest absolute Gasteiger partial charge is 0.339 e. The molecule has 0 aromatic heterocycles. The summed E-state index contributed by atoms with van der Waals surface area (Å²) < 4.78 is 0. The Hall–Kier alpha value is -1.87. The molecular formula is C19H22N2O. The van der Waals surface area contributed by atoms with E-state index in [4.69, 9.17) is 0 Å². The predicted molar refractivity (Wildman–Crippen MR) is 89.0 cm³/mol. The molecule has 3 nitrogen and oxygen atoms in total. The first kappa shape index (κ1) is 13.8. The molecule has 2 unspecified atom stereocenters. The molecule has 2 aromatic rings. The number of piperidine rings is 1. The van der Waals surface area contributed by atoms with Crippen molar-refractivity contribution in [2.75, 3.05) is 7.05 Å². The second-order valence-electron chi connectivity index (χ2n) is 6.74. The van der Waals surface area contributed by atoms with E-state index in [0.717, 1.165) is 23.8 Å². The van der Waals surface area contributed by atoms with Gasteiger partial charge in [-0.05, 0) is 48.6 Å². The van der Waals surface area contributed by atoms with E-state index in [-0.39, 0.29) is 5.91 Å². The minimum absolute atomic E-state index is 0.150. The Morgan fingerprint density at radius 3 is 2.45 bits per heavy atom. The van der Waals surface area contributed by atoms with Gasteiger partial charge in [-0.3, -0.25) is 4.79 Å². The second kappa shape index (κ2) is 5.40. The Kier molecular flexibility index (Phi) is 3.38. The van der Waals surface area contributed by atoms with Gasteiger partial charge in [0.15, 0.2) is 0 Å². The highest BCUT2D eigenvalue weighted by Crippen LogP contribution is 2.30. The van der Waals surface area contributed by atoms with E-state index in [2.05, 4.69) is 17.4 Å². The summed E-state index contributed by atoms with van der Waals surface area (Å²) in [4.78, 5) is 14.8. The van der Waals surface area contributed by atoms with E-state index < -0.39 is 0 Å². The summed E-state index contributed by atoms with van der Waals surface area (Å²) in [5.74, 6) is 0.150. The lowest BCUT2D eigenvalue weighted by Gasteiger charge is -2.35. The van der Waals surface area contributed by atoms with Crippen molar-refractivity contribution in [3.05, 3.63) is 48.0 Å². The van der Waals surface area contributed by atoms with Gasteiger partial charge >= 0.3 is 0 Å². The van der Waals surface area contributed by atoms with Gasteiger partial charge in [-0.25, -0.2) is 0 Å². The van der Waals surface area contributed by atoms with Crippen molar-refractivity contribution in [1.29, 1.82) is 0 Å². The summed E-state index contributed by atoms with van der Waals surface area (Å²) in [5, 5.41) is 5.95. The van der Waals surface area contributed by atoms with Gasteiger partial charge in [0.25, 0.3) is 5.91 Å². The van der Waals surface area contributed by atoms with Crippen molar-refractivity contribution in [3.8, 4) is 0 Å². The van der Waals surface area contributed by atoms with E-state index in [1.807, 2.05) is 42.3 Å². The van der Waals surface area contributed by atoms with Crippen LogP contribution in [-0.4, -0.2) is 36.0 Å². The standard InChI is InChI=1S/C19H22N2O/c1-21(18-11-16-8-9-17(12-18)20-16)19(22)15-7-6-13-4-2-3-5-14(13)10-15/h2-7,10,16-18,20H,8-9,11-12H2,1H3. The van der Waals surface area contributed by atoms with Crippen molar-refractivity contribution in [2.24, 2.45) is 0 Å². The van der Waals surface area contributed by atoms with Crippen LogP contribution in [0.25, 0.3) is 10.8 Å². The first-order valence-electron chi connectivity index (χ1n) is 8.23. The maximum Gasteiger partial charge on any atom is 0.253 e. The highest BCUT2D eigenvalue weighted by molar-refractivity contribution is 5.98. The summed E-state index contributed by atoms with van der Waals surface area (Å²) in [6.07, 6.45) is 4.71. The van der Waals surface area contributed by atoms with E-state index in [1.165, 1.54) is 18.2 Å². The van der Waals surface area contributed by atoms with Crippen LogP contribution in [0.4, 0.5) is 0 Å². The number of hydrogen-bond donors (Lipinski definition) is 1. The zero-order chi connectivity index (χ0) is 15.1. The fourth-order valence-electron chi connectivity index (χ4n) is 4.04. The number of carbonyl (C=O) groups is 1. The molecule has 0 saturated carbocycles. The van der Waals surface area contributed by atoms with Crippen LogP contribution in [0.15, 0.2) is 42.5 Å². The summed E-state index contributed by atoms with van der Waals surface area (Å²) in [6, 6.07) is 15.8. The summed E-state index contributed by atoms with van der Waals surface area (Å²) >= 11 is 0. The summed E-state index contributed by atoms with van der Waals surface area (Å²) in [6.45, 7) is 0. The molecule has 2 aliphatic heterocycles. The average Bonchev–Trinajstić information content (AvgIpc) is 2.91. The van der Waals surface area contributed by atoms with E-state index in [0.29, 0.717) is 18.1 Å². The molecule has 2 heterocycles. The molecule has 0 radical (unpaired) electrons. The molecule has 114 valence electrons. The molecule has 2 aromatic carbocycles. The van der Waals surface area contributed by atoms with Crippen LogP contribution in [0.3, 0.4) is 0 Å². The van der Waals surface area contributed by atoms with Crippen LogP contribution >= 0.6 is 0 Å². The lowest BCUT2D eigenvalue weighted by atomic mass is 9.97. The van der Waals surface area contributed by atoms with Gasteiger partial charge in [-0.2, -0.15) is 0 Å². The average molecular weight is 294 g/mol. The SMILES string of the molecule is CN(C(=O)c1ccc2ccccc2c1)C1CC2CCC(C1)N2. The molecule has 2 aliphatic rings. The minimum atomic E-state index is 0.150. The molecule has 2 atom stereocenters. The molecule has 2 fully saturated rings. The highest BCUT2D eigenvalue weighted by atomic mass is 16.2. The van der Waals surface area contributed by atoms with Crippen molar-refractivity contribution in [1.82, 2.24) is 10.2 Å². The third-order valence-corrected chi connectivity index (χ3v) is 5.31. The van der Waals surface area contributed by atoms with Gasteiger partial charge in [0, 0.05) is 30.7 Å². The molecule has 2 saturated heterocycles. The Morgan fingerprint density at radius 1 is 1.05 bits per heavy atom. The van der Waals surface area contributed by atoms with Crippen LogP contribution < -0.4 is 5.32 Å². The lowest BCUT2D eigenvalue weighted by Crippen LogP contribution is -2.48. The molecule has 3 heteroatoms. The first-order chi connectivity index (χ1) is 10.7. The van der Waals surface area contributed by atoms with Gasteiger partial charge in [0.05, 0.1) is 0 Å². The number of nitrogens with zero attached hydrogens (tertiary/aromatic N) is 1. The van der Waals surface area contributed by atoms with Crippen LogP contribution in [-0.2, 0) is 0 Å². The summed E-state index contributed by atoms with van der Waals surface area (Å²) in [7, 11) is 1.97. The van der Waals surface area contributed by atoms with Gasteiger partial charge in [-0.1, -0.05) is 30.3 Å². The van der Waals surface area contributed by atoms with Crippen LogP contribution in [0.5, 0.6) is 0 Å². The number of nitrogens with one attached hydrogen (secondary N) is 1. The third-order valence-electron chi connectivity index (χ3n) is 5.31. The fraction of sp³-hybridized carbons (Fsp3) is 0.421. The topological polar surface area (TPSA) is 32.3 Å². The molecule has 22 heavy (non-hydrogen) atoms. The van der Waals surface area contributed by atoms with Crippen molar-refractivity contribution in [3.63, 3.8) is 0 Å². The molecule has 1 N–H and O–H groups in total. The molecule has 0 aliphatic carbocycles. The highest BCUT2D eigenvalue weighted by Gasteiger charge is 2.36. The molecule has 1 amide bonds. The van der Waals surface area contributed by atoms with Crippen molar-refractivity contribution >= 4 is 16.7 Å². The monoisotopic (exact) mass is 294 g/mol. The van der Waals surface area contributed by atoms with Gasteiger partial charge < -0.3 is 10.2 Å². The number of hydrogen-bond acceptors (Lipinski definition) is 2. The fourth-order valence-corrected chi connectivity index (χ4v) is 4.04. The number of fused-ring (bicyclic) bond motifs is 3.